The van der Waals surface area contributed by atoms with Crippen LogP contribution in [-0.4, -0.2) is 46.5 Å². The van der Waals surface area contributed by atoms with Crippen molar-refractivity contribution >= 4 is 41.5 Å². The predicted octanol–water partition coefficient (Wildman–Crippen LogP) is 2.46. The maximum atomic E-state index is 12.3. The Hall–Kier alpha value is -1.31. The lowest BCUT2D eigenvalue weighted by molar-refractivity contribution is -0.120. The molecule has 0 saturated carbocycles. The summed E-state index contributed by atoms with van der Waals surface area (Å²) in [5.74, 6) is -0.0240. The zero-order valence-electron chi connectivity index (χ0n) is 15.1. The second-order valence-corrected chi connectivity index (χ2v) is 7.44. The van der Waals surface area contributed by atoms with Gasteiger partial charge >= 0.3 is 0 Å². The number of nitrogens with one attached hydrogen (secondary N) is 2. The lowest BCUT2D eigenvalue weighted by atomic mass is 10.1. The van der Waals surface area contributed by atoms with Gasteiger partial charge in [-0.15, -0.1) is 12.4 Å². The van der Waals surface area contributed by atoms with Gasteiger partial charge in [-0.1, -0.05) is 23.2 Å². The summed E-state index contributed by atoms with van der Waals surface area (Å²) in [5.41, 5.74) is 3.37. The molecule has 1 aromatic heterocycles. The first-order valence-electron chi connectivity index (χ1n) is 8.52. The molecule has 1 amide bonds. The van der Waals surface area contributed by atoms with Gasteiger partial charge in [-0.05, 0) is 32.0 Å². The summed E-state index contributed by atoms with van der Waals surface area (Å²) in [7, 11) is 0. The Morgan fingerprint density at radius 1 is 1.33 bits per heavy atom. The van der Waals surface area contributed by atoms with Gasteiger partial charge in [0.15, 0.2) is 0 Å². The number of amides is 1. The average molecular weight is 434 g/mol. The Labute approximate surface area is 174 Å². The molecule has 3 N–H and O–H groups in total. The van der Waals surface area contributed by atoms with Crippen LogP contribution in [0, 0.1) is 19.8 Å². The molecule has 148 valence electrons. The molecule has 2 aromatic rings. The van der Waals surface area contributed by atoms with E-state index in [-0.39, 0.29) is 30.7 Å². The van der Waals surface area contributed by atoms with E-state index in [0.717, 1.165) is 29.2 Å². The highest BCUT2D eigenvalue weighted by molar-refractivity contribution is 6.42. The second-order valence-electron chi connectivity index (χ2n) is 6.63. The molecule has 1 fully saturated rings. The molecule has 9 heteroatoms. The first kappa shape index (κ1) is 22.0. The predicted molar refractivity (Wildman–Crippen MR) is 109 cm³/mol. The average Bonchev–Trinajstić information content (AvgIpc) is 3.13. The van der Waals surface area contributed by atoms with Crippen LogP contribution in [0.1, 0.15) is 17.0 Å². The van der Waals surface area contributed by atoms with Gasteiger partial charge in [-0.25, -0.2) is 4.68 Å². The van der Waals surface area contributed by atoms with Crippen molar-refractivity contribution < 1.29 is 9.90 Å². The van der Waals surface area contributed by atoms with E-state index >= 15 is 0 Å². The largest absolute Gasteiger partial charge is 0.391 e. The quantitative estimate of drug-likeness (QED) is 0.677. The van der Waals surface area contributed by atoms with Gasteiger partial charge in [0.05, 0.1) is 34.0 Å². The summed E-state index contributed by atoms with van der Waals surface area (Å²) < 4.78 is 1.77. The van der Waals surface area contributed by atoms with Gasteiger partial charge in [0.1, 0.15) is 0 Å². The van der Waals surface area contributed by atoms with Gasteiger partial charge in [0, 0.05) is 36.8 Å². The third kappa shape index (κ3) is 4.95. The van der Waals surface area contributed by atoms with Crippen molar-refractivity contribution in [2.75, 3.05) is 19.6 Å². The van der Waals surface area contributed by atoms with Crippen molar-refractivity contribution in [1.82, 2.24) is 20.4 Å². The summed E-state index contributed by atoms with van der Waals surface area (Å²) in [5, 5.41) is 21.3. The Morgan fingerprint density at radius 2 is 2.07 bits per heavy atom. The van der Waals surface area contributed by atoms with Crippen LogP contribution < -0.4 is 10.6 Å². The molecular weight excluding hydrogens is 411 g/mol. The van der Waals surface area contributed by atoms with Crippen LogP contribution in [0.25, 0.3) is 5.69 Å². The van der Waals surface area contributed by atoms with E-state index in [1.165, 1.54) is 0 Å². The molecule has 0 spiro atoms. The normalized spacial score (nSPS) is 19.0. The molecule has 6 nitrogen and oxygen atoms in total. The molecule has 1 aromatic carbocycles. The van der Waals surface area contributed by atoms with Crippen LogP contribution in [0.15, 0.2) is 18.2 Å². The van der Waals surface area contributed by atoms with E-state index in [1.54, 1.807) is 16.8 Å². The molecule has 27 heavy (non-hydrogen) atoms. The number of aliphatic hydroxyl groups excluding tert-OH is 1. The van der Waals surface area contributed by atoms with Crippen molar-refractivity contribution in [2.24, 2.45) is 5.92 Å². The zero-order valence-corrected chi connectivity index (χ0v) is 17.5. The summed E-state index contributed by atoms with van der Waals surface area (Å²) in [4.78, 5) is 12.3. The van der Waals surface area contributed by atoms with E-state index in [9.17, 15) is 9.90 Å². The van der Waals surface area contributed by atoms with Crippen molar-refractivity contribution in [1.29, 1.82) is 0 Å². The third-order valence-corrected chi connectivity index (χ3v) is 5.53. The highest BCUT2D eigenvalue weighted by Crippen LogP contribution is 2.26. The fourth-order valence-electron chi connectivity index (χ4n) is 3.19. The number of rotatable bonds is 5. The minimum absolute atomic E-state index is 0. The Kier molecular flexibility index (Phi) is 7.54. The van der Waals surface area contributed by atoms with Crippen LogP contribution in [-0.2, 0) is 11.2 Å². The van der Waals surface area contributed by atoms with E-state index in [4.69, 9.17) is 23.2 Å². The number of hydrogen-bond donors (Lipinski definition) is 3. The number of aliphatic hydroxyl groups is 1. The number of carbonyl (C=O) groups is 1. The van der Waals surface area contributed by atoms with E-state index < -0.39 is 6.10 Å². The van der Waals surface area contributed by atoms with Gasteiger partial charge in [-0.3, -0.25) is 4.79 Å². The first-order valence-corrected chi connectivity index (χ1v) is 9.28. The molecule has 3 rings (SSSR count). The molecule has 1 saturated heterocycles. The highest BCUT2D eigenvalue weighted by atomic mass is 35.5. The zero-order chi connectivity index (χ0) is 18.8. The molecule has 0 aliphatic carbocycles. The summed E-state index contributed by atoms with van der Waals surface area (Å²) in [6.07, 6.45) is -0.161. The second kappa shape index (κ2) is 9.26. The van der Waals surface area contributed by atoms with Gasteiger partial charge in [0.2, 0.25) is 5.91 Å². The van der Waals surface area contributed by atoms with E-state index in [2.05, 4.69) is 15.7 Å². The Morgan fingerprint density at radius 3 is 2.70 bits per heavy atom. The molecule has 2 heterocycles. The summed E-state index contributed by atoms with van der Waals surface area (Å²) in [6.45, 7) is 5.57. The number of carbonyl (C=O) groups excluding carboxylic acids is 1. The lowest BCUT2D eigenvalue weighted by Gasteiger charge is -2.14. The van der Waals surface area contributed by atoms with Crippen molar-refractivity contribution in [3.8, 4) is 5.69 Å². The van der Waals surface area contributed by atoms with Gasteiger partial charge < -0.3 is 15.7 Å². The number of halogens is 3. The van der Waals surface area contributed by atoms with E-state index in [1.807, 2.05) is 19.9 Å². The van der Waals surface area contributed by atoms with Crippen LogP contribution in [0.3, 0.4) is 0 Å². The molecule has 0 radical (unpaired) electrons. The fourth-order valence-corrected chi connectivity index (χ4v) is 3.49. The Bertz CT molecular complexity index is 825. The summed E-state index contributed by atoms with van der Waals surface area (Å²) in [6, 6.07) is 5.32. The molecule has 0 bridgehead atoms. The first-order chi connectivity index (χ1) is 12.4. The van der Waals surface area contributed by atoms with Crippen LogP contribution >= 0.6 is 35.6 Å². The van der Waals surface area contributed by atoms with Crippen molar-refractivity contribution in [3.05, 3.63) is 45.2 Å². The molecule has 1 aliphatic heterocycles. The number of aryl methyl sites for hydroxylation is 1. The highest BCUT2D eigenvalue weighted by Gasteiger charge is 2.25. The minimum atomic E-state index is -0.406. The van der Waals surface area contributed by atoms with Crippen molar-refractivity contribution in [3.63, 3.8) is 0 Å². The number of β-amino-alcohol motifs (C(OH)–C–C–N with tert-alkyl or cyclic N) is 1. The molecule has 1 aliphatic rings. The maximum absolute atomic E-state index is 12.3. The van der Waals surface area contributed by atoms with Crippen LogP contribution in [0.5, 0.6) is 0 Å². The molecule has 2 unspecified atom stereocenters. The van der Waals surface area contributed by atoms with Gasteiger partial charge in [0.25, 0.3) is 0 Å². The third-order valence-electron chi connectivity index (χ3n) is 4.79. The number of nitrogens with zero attached hydrogens (tertiary/aromatic N) is 2. The maximum Gasteiger partial charge on any atom is 0.224 e. The standard InChI is InChI=1S/C18H22Cl2N4O2.ClH/c1-10-14(6-18(26)22-8-12-7-21-9-17(12)25)11(2)24(23-10)13-3-4-15(19)16(20)5-13;/h3-5,12,17,21,25H,6-9H2,1-2H3,(H,22,26);1H. The molecular formula is C18H23Cl3N4O2. The SMILES string of the molecule is Cc1nn(-c2ccc(Cl)c(Cl)c2)c(C)c1CC(=O)NCC1CNCC1O.Cl. The minimum Gasteiger partial charge on any atom is -0.391 e. The number of benzene rings is 1. The van der Waals surface area contributed by atoms with Gasteiger partial charge in [-0.2, -0.15) is 5.10 Å². The smallest absolute Gasteiger partial charge is 0.224 e. The topological polar surface area (TPSA) is 79.2 Å². The lowest BCUT2D eigenvalue weighted by Crippen LogP contribution is -2.35. The van der Waals surface area contributed by atoms with Crippen LogP contribution in [0.2, 0.25) is 10.0 Å². The fraction of sp³-hybridized carbons (Fsp3) is 0.444. The Balaban J connectivity index is 0.00000261. The molecule has 2 atom stereocenters. The van der Waals surface area contributed by atoms with Crippen molar-refractivity contribution in [2.45, 2.75) is 26.4 Å². The number of hydrogen-bond acceptors (Lipinski definition) is 4. The van der Waals surface area contributed by atoms with Crippen LogP contribution in [0.4, 0.5) is 0 Å². The monoisotopic (exact) mass is 432 g/mol. The van der Waals surface area contributed by atoms with E-state index in [0.29, 0.717) is 23.1 Å². The summed E-state index contributed by atoms with van der Waals surface area (Å²) >= 11 is 12.1. The number of aromatic nitrogens is 2.